The fourth-order valence-corrected chi connectivity index (χ4v) is 3.81. The van der Waals surface area contributed by atoms with Gasteiger partial charge < -0.3 is 44.9 Å². The highest BCUT2D eigenvalue weighted by molar-refractivity contribution is 6.10. The lowest BCUT2D eigenvalue weighted by molar-refractivity contribution is -0.160. The third-order valence-electron chi connectivity index (χ3n) is 5.65. The summed E-state index contributed by atoms with van der Waals surface area (Å²) in [7, 11) is 0. The molecule has 200 valence electrons. The van der Waals surface area contributed by atoms with E-state index in [1.165, 1.54) is 24.3 Å². The largest absolute Gasteiger partial charge is 0.504 e. The molecule has 4 rings (SSSR count). The molecule has 12 nitrogen and oxygen atoms in total. The monoisotopic (exact) mass is 536 g/mol. The van der Waals surface area contributed by atoms with Gasteiger partial charge in [-0.2, -0.15) is 0 Å². The number of furan rings is 1. The number of ether oxygens (including phenoxy) is 1. The van der Waals surface area contributed by atoms with E-state index < -0.39 is 52.8 Å². The molecule has 39 heavy (non-hydrogen) atoms. The van der Waals surface area contributed by atoms with Gasteiger partial charge in [-0.1, -0.05) is 6.07 Å². The molecule has 0 saturated carbocycles. The first kappa shape index (κ1) is 26.4. The first-order chi connectivity index (χ1) is 18.4. The van der Waals surface area contributed by atoms with Crippen LogP contribution >= 0.6 is 0 Å². The van der Waals surface area contributed by atoms with E-state index in [9.17, 15) is 50.1 Å². The van der Waals surface area contributed by atoms with Crippen molar-refractivity contribution in [2.45, 2.75) is 12.5 Å². The lowest BCUT2D eigenvalue weighted by Gasteiger charge is -2.13. The molecule has 12 heteroatoms. The molecule has 7 N–H and O–H groups in total. The standard InChI is InChI=1S/C27H20O12/c28-16-4-1-13(8-18(16)30)10-21(26(34)35)38-22(33)6-2-12-7-15-23(27(36)37)24(39-25(15)20(32)9-12)14-3-5-17(29)19(31)11-14/h1-9,11,21,28-32H,10H2,(H,34,35)(H,36,37)/b6-2+/t21-/m1/s1. The van der Waals surface area contributed by atoms with Crippen LogP contribution in [0.25, 0.3) is 28.4 Å². The van der Waals surface area contributed by atoms with Crippen LogP contribution in [0.3, 0.4) is 0 Å². The number of aromatic carboxylic acids is 1. The number of carboxylic acids is 2. The van der Waals surface area contributed by atoms with Crippen LogP contribution in [0.1, 0.15) is 21.5 Å². The summed E-state index contributed by atoms with van der Waals surface area (Å²) in [6.45, 7) is 0. The van der Waals surface area contributed by atoms with Gasteiger partial charge in [0.1, 0.15) is 11.3 Å². The van der Waals surface area contributed by atoms with Gasteiger partial charge in [0, 0.05) is 23.4 Å². The number of carbonyl (C=O) groups is 3. The quantitative estimate of drug-likeness (QED) is 0.0977. The zero-order chi connectivity index (χ0) is 28.4. The Morgan fingerprint density at radius 3 is 2.10 bits per heavy atom. The van der Waals surface area contributed by atoms with Crippen LogP contribution < -0.4 is 0 Å². The van der Waals surface area contributed by atoms with E-state index in [2.05, 4.69) is 0 Å². The van der Waals surface area contributed by atoms with Gasteiger partial charge in [0.2, 0.25) is 6.10 Å². The maximum absolute atomic E-state index is 12.3. The maximum atomic E-state index is 12.3. The van der Waals surface area contributed by atoms with Crippen molar-refractivity contribution in [2.24, 2.45) is 0 Å². The molecule has 0 saturated heterocycles. The van der Waals surface area contributed by atoms with E-state index in [0.717, 1.165) is 36.4 Å². The van der Waals surface area contributed by atoms with Gasteiger partial charge in [-0.15, -0.1) is 0 Å². The number of aromatic hydroxyl groups is 5. The van der Waals surface area contributed by atoms with E-state index in [0.29, 0.717) is 0 Å². The third kappa shape index (κ3) is 5.54. The molecule has 1 heterocycles. The fourth-order valence-electron chi connectivity index (χ4n) is 3.81. The van der Waals surface area contributed by atoms with Crippen molar-refractivity contribution in [3.05, 3.63) is 71.3 Å². The Labute approximate surface area is 218 Å². The van der Waals surface area contributed by atoms with Gasteiger partial charge in [0.25, 0.3) is 0 Å². The predicted octanol–water partition coefficient (Wildman–Crippen LogP) is 3.58. The molecule has 0 aliphatic rings. The topological polar surface area (TPSA) is 215 Å². The second-order valence-electron chi connectivity index (χ2n) is 8.36. The Morgan fingerprint density at radius 2 is 1.49 bits per heavy atom. The Hall–Kier alpha value is -5.65. The molecule has 0 aliphatic carbocycles. The lowest BCUT2D eigenvalue weighted by atomic mass is 10.0. The fraction of sp³-hybridized carbons (Fsp3) is 0.0741. The molecular weight excluding hydrogens is 516 g/mol. The van der Waals surface area contributed by atoms with Gasteiger partial charge in [0.15, 0.2) is 34.3 Å². The Morgan fingerprint density at radius 1 is 0.821 bits per heavy atom. The smallest absolute Gasteiger partial charge is 0.345 e. The number of rotatable bonds is 8. The van der Waals surface area contributed by atoms with Crippen LogP contribution in [0, 0.1) is 0 Å². The summed E-state index contributed by atoms with van der Waals surface area (Å²) in [5.41, 5.74) is 0.00386. The van der Waals surface area contributed by atoms with Gasteiger partial charge in [0.05, 0.1) is 0 Å². The maximum Gasteiger partial charge on any atom is 0.345 e. The minimum absolute atomic E-state index is 0.0337. The van der Waals surface area contributed by atoms with E-state index >= 15 is 0 Å². The van der Waals surface area contributed by atoms with Crippen molar-refractivity contribution in [2.75, 3.05) is 0 Å². The predicted molar refractivity (Wildman–Crippen MR) is 134 cm³/mol. The summed E-state index contributed by atoms with van der Waals surface area (Å²) in [6.07, 6.45) is 0.114. The summed E-state index contributed by atoms with van der Waals surface area (Å²) >= 11 is 0. The van der Waals surface area contributed by atoms with E-state index in [1.807, 2.05) is 0 Å². The Kier molecular flexibility index (Phi) is 7.03. The van der Waals surface area contributed by atoms with Crippen LogP contribution in [0.15, 0.2) is 59.0 Å². The van der Waals surface area contributed by atoms with Crippen LogP contribution in [-0.2, 0) is 20.7 Å². The highest BCUT2D eigenvalue weighted by Crippen LogP contribution is 2.40. The summed E-state index contributed by atoms with van der Waals surface area (Å²) in [6, 6.07) is 9.66. The molecule has 3 aromatic carbocycles. The molecule has 0 unspecified atom stereocenters. The van der Waals surface area contributed by atoms with E-state index in [4.69, 9.17) is 9.15 Å². The molecule has 4 aromatic rings. The summed E-state index contributed by atoms with van der Waals surface area (Å²) in [4.78, 5) is 36.0. The van der Waals surface area contributed by atoms with Crippen molar-refractivity contribution in [3.8, 4) is 40.1 Å². The number of phenols is 5. The number of aliphatic carboxylic acids is 1. The van der Waals surface area contributed by atoms with Crippen LogP contribution in [0.5, 0.6) is 28.7 Å². The minimum Gasteiger partial charge on any atom is -0.504 e. The number of hydrogen-bond donors (Lipinski definition) is 7. The Balaban J connectivity index is 1.61. The number of phenolic OH excluding ortho intramolecular Hbond substituents is 5. The second kappa shape index (κ2) is 10.4. The SMILES string of the molecule is O=C(/C=C/c1cc(O)c2oc(-c3ccc(O)c(O)c3)c(C(=O)O)c2c1)O[C@H](Cc1ccc(O)c(O)c1)C(=O)O. The van der Waals surface area contributed by atoms with Crippen molar-refractivity contribution >= 4 is 35.0 Å². The van der Waals surface area contributed by atoms with E-state index in [-0.39, 0.29) is 45.4 Å². The average molecular weight is 536 g/mol. The molecule has 0 amide bonds. The summed E-state index contributed by atoms with van der Waals surface area (Å²) in [5, 5.41) is 68.0. The molecule has 0 radical (unpaired) electrons. The Bertz CT molecular complexity index is 1650. The summed E-state index contributed by atoms with van der Waals surface area (Å²) in [5.74, 6) is -6.41. The lowest BCUT2D eigenvalue weighted by Crippen LogP contribution is -2.28. The highest BCUT2D eigenvalue weighted by Gasteiger charge is 2.25. The zero-order valence-electron chi connectivity index (χ0n) is 19.7. The average Bonchev–Trinajstić information content (AvgIpc) is 3.26. The molecule has 0 fully saturated rings. The first-order valence-corrected chi connectivity index (χ1v) is 11.1. The number of benzene rings is 3. The zero-order valence-corrected chi connectivity index (χ0v) is 19.7. The van der Waals surface area contributed by atoms with Crippen molar-refractivity contribution in [1.82, 2.24) is 0 Å². The van der Waals surface area contributed by atoms with Crippen LogP contribution in [0.4, 0.5) is 0 Å². The van der Waals surface area contributed by atoms with Crippen molar-refractivity contribution in [1.29, 1.82) is 0 Å². The molecule has 0 spiro atoms. The molecule has 1 aromatic heterocycles. The second-order valence-corrected chi connectivity index (χ2v) is 8.36. The first-order valence-electron chi connectivity index (χ1n) is 11.1. The molecule has 0 bridgehead atoms. The number of carboxylic acid groups (broad SMARTS) is 2. The molecular formula is C27H20O12. The van der Waals surface area contributed by atoms with Gasteiger partial charge in [-0.3, -0.25) is 0 Å². The minimum atomic E-state index is -1.63. The molecule has 0 aliphatic heterocycles. The van der Waals surface area contributed by atoms with E-state index in [1.54, 1.807) is 0 Å². The number of esters is 1. The van der Waals surface area contributed by atoms with Gasteiger partial charge in [-0.05, 0) is 59.7 Å². The van der Waals surface area contributed by atoms with Gasteiger partial charge in [-0.25, -0.2) is 14.4 Å². The van der Waals surface area contributed by atoms with Crippen molar-refractivity contribution in [3.63, 3.8) is 0 Å². The normalized spacial score (nSPS) is 12.0. The van der Waals surface area contributed by atoms with Crippen LogP contribution in [-0.4, -0.2) is 59.8 Å². The van der Waals surface area contributed by atoms with Crippen molar-refractivity contribution < 1.29 is 59.3 Å². The number of carbonyl (C=O) groups excluding carboxylic acids is 1. The molecule has 1 atom stereocenters. The van der Waals surface area contributed by atoms with Gasteiger partial charge >= 0.3 is 17.9 Å². The third-order valence-corrected chi connectivity index (χ3v) is 5.65. The number of fused-ring (bicyclic) bond motifs is 1. The van der Waals surface area contributed by atoms with Crippen LogP contribution in [0.2, 0.25) is 0 Å². The number of hydrogen-bond acceptors (Lipinski definition) is 10. The highest BCUT2D eigenvalue weighted by atomic mass is 16.6. The summed E-state index contributed by atoms with van der Waals surface area (Å²) < 4.78 is 10.5.